The van der Waals surface area contributed by atoms with Crippen LogP contribution in [-0.2, 0) is 24.3 Å². The Morgan fingerprint density at radius 2 is 1.81 bits per heavy atom. The van der Waals surface area contributed by atoms with Crippen LogP contribution in [0, 0.1) is 5.92 Å². The fourth-order valence-corrected chi connectivity index (χ4v) is 6.94. The van der Waals surface area contributed by atoms with Crippen LogP contribution in [0.1, 0.15) is 53.0 Å². The quantitative estimate of drug-likeness (QED) is 0.236. The lowest BCUT2D eigenvalue weighted by Gasteiger charge is -2.42. The summed E-state index contributed by atoms with van der Waals surface area (Å²) in [5.74, 6) is 0.127. The number of aromatic hydroxyl groups is 1. The normalized spacial score (nSPS) is 17.8. The van der Waals surface area contributed by atoms with Crippen molar-refractivity contribution in [2.45, 2.75) is 44.2 Å². The van der Waals surface area contributed by atoms with Crippen LogP contribution >= 0.6 is 0 Å². The van der Waals surface area contributed by atoms with Crippen molar-refractivity contribution in [1.82, 2.24) is 9.47 Å². The van der Waals surface area contributed by atoms with Gasteiger partial charge in [0.25, 0.3) is 5.56 Å². The van der Waals surface area contributed by atoms with E-state index < -0.39 is 23.0 Å². The lowest BCUT2D eigenvalue weighted by Crippen LogP contribution is -2.46. The highest BCUT2D eigenvalue weighted by Crippen LogP contribution is 2.42. The zero-order valence-corrected chi connectivity index (χ0v) is 26.5. The second-order valence-corrected chi connectivity index (χ2v) is 12.2. The van der Waals surface area contributed by atoms with E-state index in [-0.39, 0.29) is 36.2 Å². The first-order chi connectivity index (χ1) is 22.7. The second-order valence-electron chi connectivity index (χ2n) is 12.2. The standard InChI is InChI=1S/C36H39N3O8/c1-44-25-11-9-22(10-12-25)13-14-46-35-27(5-3-7-31(35)45-2)28(17-32(37)41)36-34(43)30(40)16-26(47-36)21-38-18-23-15-24(20-38)29-6-4-8-33(42)39(29)19-23/h3-12,16,23-24,28,43H,13-15,17-21H2,1-2H3,(H2,37,41)/t23-,24+,28+/m1/s1. The molecule has 2 aromatic carbocycles. The summed E-state index contributed by atoms with van der Waals surface area (Å²) < 4.78 is 25.3. The zero-order valence-electron chi connectivity index (χ0n) is 26.5. The van der Waals surface area contributed by atoms with Crippen molar-refractivity contribution in [2.24, 2.45) is 11.7 Å². The molecule has 1 fully saturated rings. The number of carbonyl (C=O) groups excluding carboxylic acids is 1. The average Bonchev–Trinajstić information content (AvgIpc) is 3.06. The number of benzene rings is 2. The van der Waals surface area contributed by atoms with Gasteiger partial charge in [0.15, 0.2) is 17.3 Å². The number of likely N-dealkylation sites (tertiary alicyclic amines) is 1. The number of piperidine rings is 1. The molecule has 4 heterocycles. The van der Waals surface area contributed by atoms with Gasteiger partial charge in [0.05, 0.1) is 33.3 Å². The first-order valence-corrected chi connectivity index (χ1v) is 15.7. The minimum Gasteiger partial charge on any atom is -0.502 e. The number of para-hydroxylation sites is 1. The predicted molar refractivity (Wildman–Crippen MR) is 174 cm³/mol. The van der Waals surface area contributed by atoms with E-state index in [0.29, 0.717) is 48.9 Å². The van der Waals surface area contributed by atoms with Crippen LogP contribution < -0.4 is 30.9 Å². The molecular weight excluding hydrogens is 602 g/mol. The van der Waals surface area contributed by atoms with E-state index in [1.807, 2.05) is 34.9 Å². The predicted octanol–water partition coefficient (Wildman–Crippen LogP) is 3.77. The lowest BCUT2D eigenvalue weighted by atomic mass is 9.83. The van der Waals surface area contributed by atoms with Crippen LogP contribution in [0.25, 0.3) is 0 Å². The first kappa shape index (κ1) is 31.9. The Hall–Kier alpha value is -5.03. The molecule has 11 nitrogen and oxygen atoms in total. The average molecular weight is 642 g/mol. The first-order valence-electron chi connectivity index (χ1n) is 15.7. The van der Waals surface area contributed by atoms with E-state index in [9.17, 15) is 19.5 Å². The zero-order chi connectivity index (χ0) is 33.1. The third-order valence-electron chi connectivity index (χ3n) is 9.06. The van der Waals surface area contributed by atoms with E-state index in [1.54, 1.807) is 37.4 Å². The monoisotopic (exact) mass is 641 g/mol. The van der Waals surface area contributed by atoms with Gasteiger partial charge in [-0.1, -0.05) is 30.3 Å². The number of amides is 1. The van der Waals surface area contributed by atoms with Crippen molar-refractivity contribution in [2.75, 3.05) is 33.9 Å². The van der Waals surface area contributed by atoms with Crippen molar-refractivity contribution in [3.05, 3.63) is 116 Å². The van der Waals surface area contributed by atoms with Gasteiger partial charge >= 0.3 is 0 Å². The van der Waals surface area contributed by atoms with E-state index in [4.69, 9.17) is 24.4 Å². The molecule has 246 valence electrons. The number of primary amides is 1. The third-order valence-corrected chi connectivity index (χ3v) is 9.06. The SMILES string of the molecule is COc1ccc(CCOc2c(OC)cccc2[C@H](CC(N)=O)c2oc(CN3C[C@H]4C[C@@H](C3)c3cccc(=O)n3C4)cc(=O)c2O)cc1. The maximum absolute atomic E-state index is 13.2. The maximum Gasteiger partial charge on any atom is 0.250 e. The molecule has 4 aromatic rings. The van der Waals surface area contributed by atoms with E-state index in [2.05, 4.69) is 4.90 Å². The van der Waals surface area contributed by atoms with Crippen molar-refractivity contribution in [1.29, 1.82) is 0 Å². The Labute approximate surface area is 272 Å². The Morgan fingerprint density at radius 1 is 1.02 bits per heavy atom. The summed E-state index contributed by atoms with van der Waals surface area (Å²) >= 11 is 0. The molecular formula is C36H39N3O8. The number of aromatic nitrogens is 1. The van der Waals surface area contributed by atoms with Crippen LogP contribution in [0.15, 0.2) is 80.7 Å². The summed E-state index contributed by atoms with van der Waals surface area (Å²) in [7, 11) is 3.13. The molecule has 2 aliphatic heterocycles. The summed E-state index contributed by atoms with van der Waals surface area (Å²) in [5, 5.41) is 11.0. The van der Waals surface area contributed by atoms with Crippen molar-refractivity contribution in [3.8, 4) is 23.0 Å². The number of ether oxygens (including phenoxy) is 3. The molecule has 0 saturated carbocycles. The van der Waals surface area contributed by atoms with Gasteiger partial charge in [-0.2, -0.15) is 0 Å². The summed E-state index contributed by atoms with van der Waals surface area (Å²) in [4.78, 5) is 40.2. The van der Waals surface area contributed by atoms with Gasteiger partial charge < -0.3 is 34.0 Å². The summed E-state index contributed by atoms with van der Waals surface area (Å²) in [6, 6.07) is 19.6. The Morgan fingerprint density at radius 3 is 2.55 bits per heavy atom. The van der Waals surface area contributed by atoms with Gasteiger partial charge in [-0.15, -0.1) is 0 Å². The number of carbonyl (C=O) groups is 1. The highest BCUT2D eigenvalue weighted by molar-refractivity contribution is 5.76. The third kappa shape index (κ3) is 6.90. The van der Waals surface area contributed by atoms with Crippen LogP contribution in [-0.4, -0.2) is 54.4 Å². The molecule has 3 atom stereocenters. The van der Waals surface area contributed by atoms with E-state index in [0.717, 1.165) is 30.0 Å². The minimum atomic E-state index is -0.925. The van der Waals surface area contributed by atoms with Gasteiger partial charge in [0.2, 0.25) is 17.1 Å². The fourth-order valence-electron chi connectivity index (χ4n) is 6.94. The number of hydrogen-bond acceptors (Lipinski definition) is 9. The number of pyridine rings is 1. The molecule has 0 aliphatic carbocycles. The smallest absolute Gasteiger partial charge is 0.250 e. The molecule has 2 aliphatic rings. The maximum atomic E-state index is 13.2. The van der Waals surface area contributed by atoms with Gasteiger partial charge in [-0.25, -0.2) is 0 Å². The van der Waals surface area contributed by atoms with Gasteiger partial charge in [0, 0.05) is 61.8 Å². The van der Waals surface area contributed by atoms with Crippen LogP contribution in [0.3, 0.4) is 0 Å². The summed E-state index contributed by atoms with van der Waals surface area (Å²) in [5.41, 5.74) is 7.65. The largest absolute Gasteiger partial charge is 0.502 e. The number of fused-ring (bicyclic) bond motifs is 4. The molecule has 2 bridgehead atoms. The van der Waals surface area contributed by atoms with E-state index >= 15 is 0 Å². The summed E-state index contributed by atoms with van der Waals surface area (Å²) in [6.45, 7) is 2.66. The van der Waals surface area contributed by atoms with E-state index in [1.165, 1.54) is 13.2 Å². The highest BCUT2D eigenvalue weighted by Gasteiger charge is 2.35. The van der Waals surface area contributed by atoms with Gasteiger partial charge in [-0.3, -0.25) is 19.3 Å². The van der Waals surface area contributed by atoms with Crippen LogP contribution in [0.4, 0.5) is 0 Å². The Bertz CT molecular complexity index is 1870. The van der Waals surface area contributed by atoms with Crippen LogP contribution in [0.5, 0.6) is 23.0 Å². The number of hydrogen-bond donors (Lipinski definition) is 2. The number of methoxy groups -OCH3 is 2. The molecule has 47 heavy (non-hydrogen) atoms. The molecule has 0 unspecified atom stereocenters. The number of nitrogens with two attached hydrogens (primary N) is 1. The highest BCUT2D eigenvalue weighted by atomic mass is 16.5. The molecule has 6 rings (SSSR count). The molecule has 0 radical (unpaired) electrons. The van der Waals surface area contributed by atoms with Crippen molar-refractivity contribution >= 4 is 5.91 Å². The molecule has 1 amide bonds. The molecule has 1 saturated heterocycles. The number of rotatable bonds is 12. The fraction of sp³-hybridized carbons (Fsp3) is 0.361. The van der Waals surface area contributed by atoms with Gasteiger partial charge in [-0.05, 0) is 42.2 Å². The van der Waals surface area contributed by atoms with Crippen molar-refractivity contribution < 1.29 is 28.5 Å². The molecule has 11 heteroatoms. The Kier molecular flexibility index (Phi) is 9.35. The summed E-state index contributed by atoms with van der Waals surface area (Å²) in [6.07, 6.45) is 1.32. The van der Waals surface area contributed by atoms with Crippen molar-refractivity contribution in [3.63, 3.8) is 0 Å². The second kappa shape index (κ2) is 13.8. The number of nitrogens with zero attached hydrogens (tertiary/aromatic N) is 2. The molecule has 3 N–H and O–H groups in total. The van der Waals surface area contributed by atoms with Gasteiger partial charge in [0.1, 0.15) is 11.5 Å². The minimum absolute atomic E-state index is 0.0157. The topological polar surface area (TPSA) is 146 Å². The van der Waals surface area contributed by atoms with Crippen LogP contribution in [0.2, 0.25) is 0 Å². The Balaban J connectivity index is 1.28. The lowest BCUT2D eigenvalue weighted by molar-refractivity contribution is -0.118. The molecule has 2 aromatic heterocycles. The molecule has 0 spiro atoms.